The quantitative estimate of drug-likeness (QED) is 0.662. The first kappa shape index (κ1) is 18.3. The van der Waals surface area contributed by atoms with Crippen molar-refractivity contribution in [3.05, 3.63) is 83.2 Å². The van der Waals surface area contributed by atoms with Crippen molar-refractivity contribution in [3.63, 3.8) is 0 Å². The van der Waals surface area contributed by atoms with E-state index >= 15 is 0 Å². The van der Waals surface area contributed by atoms with Crippen LogP contribution in [-0.4, -0.2) is 15.9 Å². The van der Waals surface area contributed by atoms with Crippen molar-refractivity contribution >= 4 is 17.7 Å². The number of aromatic nitrogens is 2. The maximum absolute atomic E-state index is 12.3. The predicted molar refractivity (Wildman–Crippen MR) is 107 cm³/mol. The van der Waals surface area contributed by atoms with Gasteiger partial charge in [0.25, 0.3) is 0 Å². The molecule has 5 nitrogen and oxygen atoms in total. The summed E-state index contributed by atoms with van der Waals surface area (Å²) in [7, 11) is 0. The van der Waals surface area contributed by atoms with E-state index in [4.69, 9.17) is 4.74 Å². The first-order valence-electron chi connectivity index (χ1n) is 8.66. The first-order valence-corrected chi connectivity index (χ1v) is 8.66. The highest BCUT2D eigenvalue weighted by atomic mass is 16.5. The lowest BCUT2D eigenvalue weighted by Gasteiger charge is -2.11. The van der Waals surface area contributed by atoms with Crippen molar-refractivity contribution in [2.45, 2.75) is 20.8 Å². The molecule has 0 saturated carbocycles. The highest BCUT2D eigenvalue weighted by molar-refractivity contribution is 6.02. The molecule has 1 amide bonds. The fourth-order valence-corrected chi connectivity index (χ4v) is 2.61. The predicted octanol–water partition coefficient (Wildman–Crippen LogP) is 4.85. The van der Waals surface area contributed by atoms with Gasteiger partial charge in [-0.2, -0.15) is 9.97 Å². The van der Waals surface area contributed by atoms with Crippen LogP contribution >= 0.6 is 0 Å². The second-order valence-corrected chi connectivity index (χ2v) is 6.15. The third-order valence-corrected chi connectivity index (χ3v) is 4.05. The van der Waals surface area contributed by atoms with Gasteiger partial charge in [0.15, 0.2) is 0 Å². The zero-order valence-corrected chi connectivity index (χ0v) is 15.6. The zero-order chi connectivity index (χ0) is 19.2. The Balaban J connectivity index is 1.73. The Morgan fingerprint density at radius 3 is 2.22 bits per heavy atom. The summed E-state index contributed by atoms with van der Waals surface area (Å²) in [5, 5.41) is 2.85. The van der Waals surface area contributed by atoms with Gasteiger partial charge in [-0.05, 0) is 50.1 Å². The molecule has 1 N–H and O–H groups in total. The van der Waals surface area contributed by atoms with E-state index in [1.165, 1.54) is 6.08 Å². The van der Waals surface area contributed by atoms with Crippen LogP contribution in [0.1, 0.15) is 22.5 Å². The number of nitrogens with one attached hydrogen (secondary N) is 1. The molecule has 5 heteroatoms. The molecule has 0 radical (unpaired) electrons. The van der Waals surface area contributed by atoms with Crippen molar-refractivity contribution < 1.29 is 9.53 Å². The number of benzene rings is 2. The van der Waals surface area contributed by atoms with Gasteiger partial charge in [0.2, 0.25) is 5.91 Å². The summed E-state index contributed by atoms with van der Waals surface area (Å²) in [5.74, 6) is 0.430. The Hall–Kier alpha value is -3.47. The molecule has 1 heterocycles. The highest BCUT2D eigenvalue weighted by Gasteiger charge is 2.12. The van der Waals surface area contributed by atoms with Crippen LogP contribution in [0, 0.1) is 20.8 Å². The van der Waals surface area contributed by atoms with E-state index in [9.17, 15) is 4.79 Å². The van der Waals surface area contributed by atoms with E-state index in [-0.39, 0.29) is 11.9 Å². The van der Waals surface area contributed by atoms with Crippen LogP contribution in [0.4, 0.5) is 5.69 Å². The summed E-state index contributed by atoms with van der Waals surface area (Å²) in [6.07, 6.45) is 3.30. The Kier molecular flexibility index (Phi) is 5.61. The summed E-state index contributed by atoms with van der Waals surface area (Å²) in [4.78, 5) is 21.0. The molecule has 27 heavy (non-hydrogen) atoms. The molecule has 0 bridgehead atoms. The fraction of sp³-hybridized carbons (Fsp3) is 0.136. The minimum Gasteiger partial charge on any atom is -0.424 e. The zero-order valence-electron chi connectivity index (χ0n) is 15.6. The molecule has 0 spiro atoms. The minimum atomic E-state index is -0.232. The number of rotatable bonds is 5. The summed E-state index contributed by atoms with van der Waals surface area (Å²) in [5.41, 5.74) is 4.00. The van der Waals surface area contributed by atoms with Crippen LogP contribution < -0.4 is 10.1 Å². The average Bonchev–Trinajstić information content (AvgIpc) is 2.65. The Morgan fingerprint density at radius 2 is 1.56 bits per heavy atom. The molecule has 0 aliphatic heterocycles. The van der Waals surface area contributed by atoms with Crippen LogP contribution in [0.25, 0.3) is 6.08 Å². The van der Waals surface area contributed by atoms with Crippen molar-refractivity contribution in [1.82, 2.24) is 9.97 Å². The van der Waals surface area contributed by atoms with Crippen molar-refractivity contribution in [2.24, 2.45) is 0 Å². The topological polar surface area (TPSA) is 64.1 Å². The fourth-order valence-electron chi connectivity index (χ4n) is 2.61. The van der Waals surface area contributed by atoms with Gasteiger partial charge >= 0.3 is 6.01 Å². The lowest BCUT2D eigenvalue weighted by molar-refractivity contribution is -0.111. The molecule has 3 rings (SSSR count). The SMILES string of the molecule is Cc1ccccc1/C=C/C(=O)Nc1c(C)nc(Oc2ccccc2)nc1C. The van der Waals surface area contributed by atoms with E-state index in [1.807, 2.05) is 75.4 Å². The van der Waals surface area contributed by atoms with Crippen LogP contribution in [0.5, 0.6) is 11.8 Å². The highest BCUT2D eigenvalue weighted by Crippen LogP contribution is 2.23. The number of aryl methyl sites for hydroxylation is 3. The normalized spacial score (nSPS) is 10.8. The van der Waals surface area contributed by atoms with Gasteiger partial charge in [0.05, 0.1) is 17.1 Å². The Bertz CT molecular complexity index is 959. The molecular weight excluding hydrogens is 338 g/mol. The Morgan fingerprint density at radius 1 is 0.926 bits per heavy atom. The van der Waals surface area contributed by atoms with E-state index in [2.05, 4.69) is 15.3 Å². The number of ether oxygens (including phenoxy) is 1. The molecular formula is C22H21N3O2. The van der Waals surface area contributed by atoms with Crippen molar-refractivity contribution in [3.8, 4) is 11.8 Å². The molecule has 0 unspecified atom stereocenters. The van der Waals surface area contributed by atoms with E-state index in [0.717, 1.165) is 11.1 Å². The van der Waals surface area contributed by atoms with E-state index in [1.54, 1.807) is 6.08 Å². The van der Waals surface area contributed by atoms with E-state index < -0.39 is 0 Å². The number of hydrogen-bond donors (Lipinski definition) is 1. The molecule has 0 fully saturated rings. The number of nitrogens with zero attached hydrogens (tertiary/aromatic N) is 2. The van der Waals surface area contributed by atoms with Crippen LogP contribution in [0.15, 0.2) is 60.7 Å². The van der Waals surface area contributed by atoms with Gasteiger partial charge < -0.3 is 10.1 Å². The number of para-hydroxylation sites is 1. The van der Waals surface area contributed by atoms with E-state index in [0.29, 0.717) is 22.8 Å². The molecule has 0 atom stereocenters. The van der Waals surface area contributed by atoms with Gasteiger partial charge in [0.1, 0.15) is 5.75 Å². The third kappa shape index (κ3) is 4.79. The second kappa shape index (κ2) is 8.27. The molecule has 136 valence electrons. The summed E-state index contributed by atoms with van der Waals surface area (Å²) in [6.45, 7) is 5.63. The largest absolute Gasteiger partial charge is 0.424 e. The summed E-state index contributed by atoms with van der Waals surface area (Å²) < 4.78 is 5.67. The number of hydrogen-bond acceptors (Lipinski definition) is 4. The first-order chi connectivity index (χ1) is 13.0. The molecule has 0 saturated heterocycles. The van der Waals surface area contributed by atoms with Crippen LogP contribution in [-0.2, 0) is 4.79 Å². The second-order valence-electron chi connectivity index (χ2n) is 6.15. The number of amides is 1. The minimum absolute atomic E-state index is 0.232. The number of carbonyl (C=O) groups is 1. The number of anilines is 1. The maximum atomic E-state index is 12.3. The van der Waals surface area contributed by atoms with Gasteiger partial charge in [-0.15, -0.1) is 0 Å². The van der Waals surface area contributed by atoms with Crippen LogP contribution in [0.2, 0.25) is 0 Å². The smallest absolute Gasteiger partial charge is 0.322 e. The maximum Gasteiger partial charge on any atom is 0.322 e. The summed E-state index contributed by atoms with van der Waals surface area (Å²) in [6, 6.07) is 17.5. The van der Waals surface area contributed by atoms with Crippen molar-refractivity contribution in [2.75, 3.05) is 5.32 Å². The monoisotopic (exact) mass is 359 g/mol. The molecule has 0 aliphatic carbocycles. The lowest BCUT2D eigenvalue weighted by atomic mass is 10.1. The van der Waals surface area contributed by atoms with Gasteiger partial charge in [0, 0.05) is 6.08 Å². The number of carbonyl (C=O) groups excluding carboxylic acids is 1. The third-order valence-electron chi connectivity index (χ3n) is 4.05. The summed E-state index contributed by atoms with van der Waals surface area (Å²) >= 11 is 0. The van der Waals surface area contributed by atoms with Gasteiger partial charge in [-0.3, -0.25) is 4.79 Å². The van der Waals surface area contributed by atoms with Crippen molar-refractivity contribution in [1.29, 1.82) is 0 Å². The van der Waals surface area contributed by atoms with Crippen LogP contribution in [0.3, 0.4) is 0 Å². The molecule has 0 aliphatic rings. The molecule has 3 aromatic rings. The van der Waals surface area contributed by atoms with Gasteiger partial charge in [-0.1, -0.05) is 42.5 Å². The lowest BCUT2D eigenvalue weighted by Crippen LogP contribution is -2.12. The average molecular weight is 359 g/mol. The molecule has 2 aromatic carbocycles. The Labute approximate surface area is 158 Å². The van der Waals surface area contributed by atoms with Gasteiger partial charge in [-0.25, -0.2) is 0 Å². The molecule has 1 aromatic heterocycles. The standard InChI is InChI=1S/C22H21N3O2/c1-15-9-7-8-10-18(15)13-14-20(26)25-21-16(2)23-22(24-17(21)3)27-19-11-5-4-6-12-19/h4-14H,1-3H3,(H,25,26)/b14-13+.